The lowest BCUT2D eigenvalue weighted by Crippen LogP contribution is -2.22. The lowest BCUT2D eigenvalue weighted by molar-refractivity contribution is 0.102. The minimum Gasteiger partial charge on any atom is -0.492 e. The second-order valence-corrected chi connectivity index (χ2v) is 14.6. The van der Waals surface area contributed by atoms with Gasteiger partial charge in [0.2, 0.25) is 10.0 Å². The van der Waals surface area contributed by atoms with Gasteiger partial charge in [0.05, 0.1) is 48.9 Å². The molecule has 3 aromatic rings. The summed E-state index contributed by atoms with van der Waals surface area (Å²) in [5.74, 6) is 0.818. The fourth-order valence-corrected chi connectivity index (χ4v) is 5.51. The van der Waals surface area contributed by atoms with Gasteiger partial charge < -0.3 is 14.6 Å². The summed E-state index contributed by atoms with van der Waals surface area (Å²) >= 11 is 0. The van der Waals surface area contributed by atoms with Crippen LogP contribution in [0, 0.1) is 6.92 Å². The van der Waals surface area contributed by atoms with E-state index in [4.69, 9.17) is 4.74 Å². The van der Waals surface area contributed by atoms with E-state index < -0.39 is 10.0 Å². The highest BCUT2D eigenvalue weighted by Crippen LogP contribution is 2.40. The van der Waals surface area contributed by atoms with Crippen LogP contribution >= 0.6 is 0 Å². The molecule has 1 amide bonds. The average Bonchev–Trinajstić information content (AvgIpc) is 3.49. The van der Waals surface area contributed by atoms with Crippen LogP contribution in [0.15, 0.2) is 46.9 Å². The van der Waals surface area contributed by atoms with Gasteiger partial charge in [0.15, 0.2) is 5.75 Å². The number of ether oxygens (including phenoxy) is 1. The van der Waals surface area contributed by atoms with E-state index in [1.54, 1.807) is 29.3 Å². The number of carbonyl (C=O) groups excluding carboxylic acids is 1. The Morgan fingerprint density at radius 3 is 2.29 bits per heavy atom. The molecule has 1 atom stereocenters. The van der Waals surface area contributed by atoms with Gasteiger partial charge in [-0.05, 0) is 47.7 Å². The zero-order valence-corrected chi connectivity index (χ0v) is 26.8. The predicted molar refractivity (Wildman–Crippen MR) is 166 cm³/mol. The van der Waals surface area contributed by atoms with Crippen LogP contribution in [0.25, 0.3) is 0 Å². The SMILES string of the molecule is COc1c(NC(=O)c2ccc(C)c(N3CC(c4cnc(C(C)(C)C)n4C)N=N3)c2)cc(C(C)(C)C)cc1NS(C)(=O)=O. The molecule has 12 heteroatoms. The van der Waals surface area contributed by atoms with E-state index >= 15 is 0 Å². The smallest absolute Gasteiger partial charge is 0.255 e. The van der Waals surface area contributed by atoms with Crippen molar-refractivity contribution in [3.8, 4) is 5.75 Å². The number of sulfonamides is 1. The molecular formula is C30H41N7O4S. The number of hydrogen-bond donors (Lipinski definition) is 2. The van der Waals surface area contributed by atoms with Crippen LogP contribution in [0.3, 0.4) is 0 Å². The van der Waals surface area contributed by atoms with Gasteiger partial charge in [0.25, 0.3) is 5.91 Å². The molecule has 0 saturated heterocycles. The van der Waals surface area contributed by atoms with Crippen molar-refractivity contribution in [3.05, 3.63) is 64.7 Å². The third kappa shape index (κ3) is 6.59. The molecule has 0 radical (unpaired) electrons. The molecule has 42 heavy (non-hydrogen) atoms. The van der Waals surface area contributed by atoms with Crippen molar-refractivity contribution in [2.45, 2.75) is 65.3 Å². The first-order valence-corrected chi connectivity index (χ1v) is 15.6. The lowest BCUT2D eigenvalue weighted by atomic mass is 9.86. The van der Waals surface area contributed by atoms with E-state index in [0.29, 0.717) is 17.8 Å². The Morgan fingerprint density at radius 1 is 1.05 bits per heavy atom. The monoisotopic (exact) mass is 595 g/mol. The number of imidazole rings is 1. The molecule has 11 nitrogen and oxygen atoms in total. The summed E-state index contributed by atoms with van der Waals surface area (Å²) in [6.07, 6.45) is 2.93. The molecule has 1 aromatic heterocycles. The molecule has 2 aromatic carbocycles. The molecule has 0 bridgehead atoms. The van der Waals surface area contributed by atoms with Gasteiger partial charge in [-0.25, -0.2) is 18.4 Å². The summed E-state index contributed by atoms with van der Waals surface area (Å²) < 4.78 is 34.3. The molecule has 4 rings (SSSR count). The quantitative estimate of drug-likeness (QED) is 0.351. The zero-order chi connectivity index (χ0) is 31.2. The van der Waals surface area contributed by atoms with Crippen molar-refractivity contribution in [2.24, 2.45) is 17.4 Å². The maximum absolute atomic E-state index is 13.6. The van der Waals surface area contributed by atoms with Crippen molar-refractivity contribution in [1.82, 2.24) is 9.55 Å². The summed E-state index contributed by atoms with van der Waals surface area (Å²) in [5.41, 5.74) is 4.10. The van der Waals surface area contributed by atoms with E-state index in [9.17, 15) is 13.2 Å². The molecular weight excluding hydrogens is 554 g/mol. The number of aryl methyl sites for hydroxylation is 1. The van der Waals surface area contributed by atoms with Gasteiger partial charge in [-0.15, -0.1) is 0 Å². The molecule has 0 aliphatic carbocycles. The van der Waals surface area contributed by atoms with Crippen LogP contribution in [0.1, 0.15) is 80.6 Å². The number of methoxy groups -OCH3 is 1. The molecule has 2 heterocycles. The van der Waals surface area contributed by atoms with Crippen LogP contribution in [-0.4, -0.2) is 43.8 Å². The van der Waals surface area contributed by atoms with Gasteiger partial charge >= 0.3 is 0 Å². The number of hydrogen-bond acceptors (Lipinski definition) is 8. The molecule has 1 aliphatic rings. The summed E-state index contributed by atoms with van der Waals surface area (Å²) in [7, 11) is -0.167. The minimum absolute atomic E-state index is 0.0998. The number of rotatable bonds is 7. The van der Waals surface area contributed by atoms with Crippen molar-refractivity contribution >= 4 is 33.0 Å². The van der Waals surface area contributed by atoms with Crippen molar-refractivity contribution in [2.75, 3.05) is 35.0 Å². The Hall–Kier alpha value is -3.93. The molecule has 0 saturated carbocycles. The first-order chi connectivity index (χ1) is 19.4. The van der Waals surface area contributed by atoms with Crippen LogP contribution < -0.4 is 19.8 Å². The molecule has 1 aliphatic heterocycles. The highest BCUT2D eigenvalue weighted by Gasteiger charge is 2.29. The van der Waals surface area contributed by atoms with E-state index in [-0.39, 0.29) is 34.2 Å². The Kier molecular flexibility index (Phi) is 8.16. The Labute approximate surface area is 248 Å². The molecule has 0 spiro atoms. The van der Waals surface area contributed by atoms with Gasteiger partial charge in [0, 0.05) is 18.0 Å². The van der Waals surface area contributed by atoms with Crippen LogP contribution in [0.2, 0.25) is 0 Å². The minimum atomic E-state index is -3.60. The second-order valence-electron chi connectivity index (χ2n) is 12.8. The maximum atomic E-state index is 13.6. The third-order valence-electron chi connectivity index (χ3n) is 7.13. The lowest BCUT2D eigenvalue weighted by Gasteiger charge is -2.24. The highest BCUT2D eigenvalue weighted by molar-refractivity contribution is 7.92. The topological polar surface area (TPSA) is 130 Å². The van der Waals surface area contributed by atoms with E-state index in [1.165, 1.54) is 7.11 Å². The van der Waals surface area contributed by atoms with Crippen LogP contribution in [-0.2, 0) is 27.9 Å². The predicted octanol–water partition coefficient (Wildman–Crippen LogP) is 5.88. The maximum Gasteiger partial charge on any atom is 0.255 e. The summed E-state index contributed by atoms with van der Waals surface area (Å²) in [5, 5.41) is 13.7. The van der Waals surface area contributed by atoms with Gasteiger partial charge in [-0.3, -0.25) is 9.52 Å². The second kappa shape index (κ2) is 11.0. The van der Waals surface area contributed by atoms with Gasteiger partial charge in [0.1, 0.15) is 11.9 Å². The molecule has 0 fully saturated rings. The number of benzene rings is 2. The first-order valence-electron chi connectivity index (χ1n) is 13.7. The number of nitrogens with one attached hydrogen (secondary N) is 2. The van der Waals surface area contributed by atoms with E-state index in [2.05, 4.69) is 50.7 Å². The third-order valence-corrected chi connectivity index (χ3v) is 7.72. The Balaban J connectivity index is 1.62. The number of carbonyl (C=O) groups is 1. The first kappa shape index (κ1) is 31.0. The Bertz CT molecular complexity index is 1650. The van der Waals surface area contributed by atoms with Gasteiger partial charge in [-0.1, -0.05) is 52.8 Å². The highest BCUT2D eigenvalue weighted by atomic mass is 32.2. The van der Waals surface area contributed by atoms with E-state index in [1.807, 2.05) is 47.0 Å². The average molecular weight is 596 g/mol. The summed E-state index contributed by atoms with van der Waals surface area (Å²) in [4.78, 5) is 18.2. The molecule has 2 N–H and O–H groups in total. The number of nitrogens with zero attached hydrogens (tertiary/aromatic N) is 5. The fraction of sp³-hybridized carbons (Fsp3) is 0.467. The standard InChI is InChI=1S/C30H41N7O4S/c1-18-11-12-19(13-24(18)37-17-23(33-35-37)25-16-31-28(36(25)8)30(5,6)7)27(38)32-21-14-20(29(2,3)4)15-22(26(21)41-9)34-42(10,39)40/h11-16,23,34H,17H2,1-10H3,(H,32,38). The van der Waals surface area contributed by atoms with Gasteiger partial charge in [-0.2, -0.15) is 5.11 Å². The summed E-state index contributed by atoms with van der Waals surface area (Å²) in [6.45, 7) is 14.9. The van der Waals surface area contributed by atoms with Crippen molar-refractivity contribution in [3.63, 3.8) is 0 Å². The Morgan fingerprint density at radius 2 is 1.71 bits per heavy atom. The summed E-state index contributed by atoms with van der Waals surface area (Å²) in [6, 6.07) is 8.73. The number of anilines is 3. The number of aromatic nitrogens is 2. The zero-order valence-electron chi connectivity index (χ0n) is 26.0. The van der Waals surface area contributed by atoms with Crippen molar-refractivity contribution in [1.29, 1.82) is 0 Å². The molecule has 1 unspecified atom stereocenters. The fourth-order valence-electron chi connectivity index (χ4n) is 4.96. The van der Waals surface area contributed by atoms with E-state index in [0.717, 1.165) is 34.6 Å². The normalized spacial score (nSPS) is 15.7. The number of amides is 1. The van der Waals surface area contributed by atoms with Crippen LogP contribution in [0.5, 0.6) is 5.75 Å². The molecule has 226 valence electrons. The largest absolute Gasteiger partial charge is 0.492 e. The van der Waals surface area contributed by atoms with Crippen LogP contribution in [0.4, 0.5) is 17.1 Å². The van der Waals surface area contributed by atoms with Crippen molar-refractivity contribution < 1.29 is 17.9 Å².